The van der Waals surface area contributed by atoms with Crippen LogP contribution >= 0.6 is 0 Å². The average molecular weight is 390 g/mol. The number of carbonyl (C=O) groups is 1. The summed E-state index contributed by atoms with van der Waals surface area (Å²) in [5.74, 6) is 1.23. The van der Waals surface area contributed by atoms with E-state index in [-0.39, 0.29) is 30.5 Å². The molecule has 2 bridgehead atoms. The second-order valence-electron chi connectivity index (χ2n) is 7.93. The Morgan fingerprint density at radius 1 is 1.21 bits per heavy atom. The third-order valence-electron chi connectivity index (χ3n) is 5.94. The van der Waals surface area contributed by atoms with Gasteiger partial charge in [0, 0.05) is 37.3 Å². The van der Waals surface area contributed by atoms with Gasteiger partial charge in [-0.2, -0.15) is 5.26 Å². The number of amides is 1. The van der Waals surface area contributed by atoms with Gasteiger partial charge in [0.1, 0.15) is 18.5 Å². The van der Waals surface area contributed by atoms with Gasteiger partial charge in [-0.1, -0.05) is 37.3 Å². The predicted molar refractivity (Wildman–Crippen MR) is 110 cm³/mol. The molecule has 3 heterocycles. The topological polar surface area (TPSA) is 69.5 Å². The first-order valence-electron chi connectivity index (χ1n) is 10.2. The van der Waals surface area contributed by atoms with Gasteiger partial charge in [0.05, 0.1) is 12.2 Å². The van der Waals surface area contributed by atoms with E-state index in [4.69, 9.17) is 10.00 Å². The number of fused-ring (bicyclic) bond motifs is 2. The van der Waals surface area contributed by atoms with Crippen LogP contribution in [0.15, 0.2) is 48.7 Å². The summed E-state index contributed by atoms with van der Waals surface area (Å²) >= 11 is 0. The molecule has 1 aromatic heterocycles. The summed E-state index contributed by atoms with van der Waals surface area (Å²) in [5, 5.41) is 8.96. The first-order chi connectivity index (χ1) is 14.2. The highest BCUT2D eigenvalue weighted by Gasteiger charge is 2.41. The number of piperazine rings is 1. The molecule has 1 amide bonds. The lowest BCUT2D eigenvalue weighted by molar-refractivity contribution is -0.137. The van der Waals surface area contributed by atoms with Gasteiger partial charge >= 0.3 is 0 Å². The molecule has 150 valence electrons. The number of anilines is 1. The molecular formula is C23H26N4O2. The number of rotatable bonds is 6. The van der Waals surface area contributed by atoms with Crippen molar-refractivity contribution in [2.24, 2.45) is 0 Å². The molecule has 29 heavy (non-hydrogen) atoms. The van der Waals surface area contributed by atoms with Gasteiger partial charge in [0.2, 0.25) is 5.91 Å². The zero-order valence-corrected chi connectivity index (χ0v) is 16.7. The van der Waals surface area contributed by atoms with Crippen molar-refractivity contribution in [3.05, 3.63) is 59.8 Å². The summed E-state index contributed by atoms with van der Waals surface area (Å²) in [5.41, 5.74) is 1.79. The normalized spacial score (nSPS) is 21.7. The van der Waals surface area contributed by atoms with Gasteiger partial charge in [0.15, 0.2) is 0 Å². The predicted octanol–water partition coefficient (Wildman–Crippen LogP) is 2.95. The first kappa shape index (κ1) is 19.4. The van der Waals surface area contributed by atoms with Gasteiger partial charge < -0.3 is 14.5 Å². The fraction of sp³-hybridized carbons (Fsp3) is 0.435. The fourth-order valence-electron chi connectivity index (χ4n) is 4.38. The van der Waals surface area contributed by atoms with E-state index in [1.165, 1.54) is 5.56 Å². The molecule has 3 atom stereocenters. The maximum atomic E-state index is 12.7. The quantitative estimate of drug-likeness (QED) is 0.758. The van der Waals surface area contributed by atoms with E-state index in [9.17, 15) is 4.79 Å². The molecule has 6 nitrogen and oxygen atoms in total. The van der Waals surface area contributed by atoms with Crippen LogP contribution in [0.3, 0.4) is 0 Å². The van der Waals surface area contributed by atoms with Gasteiger partial charge in [0.25, 0.3) is 0 Å². The van der Waals surface area contributed by atoms with E-state index < -0.39 is 0 Å². The van der Waals surface area contributed by atoms with Crippen LogP contribution in [0.1, 0.15) is 36.8 Å². The molecular weight excluding hydrogens is 364 g/mol. The number of likely N-dealkylation sites (tertiary alicyclic amines) is 1. The minimum atomic E-state index is 0.0644. The average Bonchev–Trinajstić information content (AvgIpc) is 3.03. The number of hydrogen-bond donors (Lipinski definition) is 0. The van der Waals surface area contributed by atoms with Crippen LogP contribution in [0.4, 0.5) is 5.82 Å². The number of ether oxygens (including phenoxy) is 1. The Balaban J connectivity index is 1.30. The van der Waals surface area contributed by atoms with Crippen molar-refractivity contribution in [1.82, 2.24) is 9.88 Å². The van der Waals surface area contributed by atoms with Crippen molar-refractivity contribution in [2.45, 2.75) is 37.8 Å². The van der Waals surface area contributed by atoms with E-state index in [0.29, 0.717) is 25.3 Å². The molecule has 1 unspecified atom stereocenters. The van der Waals surface area contributed by atoms with Crippen LogP contribution in [0.2, 0.25) is 0 Å². The third kappa shape index (κ3) is 4.25. The summed E-state index contributed by atoms with van der Waals surface area (Å²) in [7, 11) is 0. The monoisotopic (exact) mass is 390 g/mol. The number of nitriles is 1. The molecule has 6 heteroatoms. The van der Waals surface area contributed by atoms with Crippen molar-refractivity contribution >= 4 is 11.7 Å². The van der Waals surface area contributed by atoms with Gasteiger partial charge in [-0.05, 0) is 30.5 Å². The summed E-state index contributed by atoms with van der Waals surface area (Å²) < 4.78 is 5.74. The van der Waals surface area contributed by atoms with Crippen LogP contribution in [0, 0.1) is 11.3 Å². The minimum Gasteiger partial charge on any atom is -0.371 e. The van der Waals surface area contributed by atoms with Crippen LogP contribution in [-0.4, -0.2) is 54.2 Å². The van der Waals surface area contributed by atoms with Crippen molar-refractivity contribution in [2.75, 3.05) is 31.2 Å². The number of aromatic nitrogens is 1. The lowest BCUT2D eigenvalue weighted by atomic mass is 10.0. The summed E-state index contributed by atoms with van der Waals surface area (Å²) in [6, 6.07) is 16.6. The van der Waals surface area contributed by atoms with Crippen LogP contribution < -0.4 is 4.90 Å². The summed E-state index contributed by atoms with van der Waals surface area (Å²) in [6.07, 6.45) is 3.73. The van der Waals surface area contributed by atoms with Crippen molar-refractivity contribution in [1.29, 1.82) is 5.26 Å². The largest absolute Gasteiger partial charge is 0.371 e. The molecule has 2 aliphatic heterocycles. The Morgan fingerprint density at radius 3 is 2.55 bits per heavy atom. The van der Waals surface area contributed by atoms with Gasteiger partial charge in [-0.3, -0.25) is 4.79 Å². The highest BCUT2D eigenvalue weighted by Crippen LogP contribution is 2.33. The van der Waals surface area contributed by atoms with Crippen LogP contribution in [0.25, 0.3) is 0 Å². The van der Waals surface area contributed by atoms with E-state index in [1.54, 1.807) is 12.3 Å². The van der Waals surface area contributed by atoms with Crippen LogP contribution in [-0.2, 0) is 9.53 Å². The maximum absolute atomic E-state index is 12.7. The second-order valence-corrected chi connectivity index (χ2v) is 7.93. The lowest BCUT2D eigenvalue weighted by Gasteiger charge is -2.41. The molecule has 4 rings (SSSR count). The van der Waals surface area contributed by atoms with Gasteiger partial charge in [-0.15, -0.1) is 0 Å². The molecule has 0 aliphatic carbocycles. The zero-order valence-electron chi connectivity index (χ0n) is 16.7. The minimum absolute atomic E-state index is 0.0644. The Bertz CT molecular complexity index is 864. The highest BCUT2D eigenvalue weighted by molar-refractivity contribution is 5.78. The smallest absolute Gasteiger partial charge is 0.248 e. The molecule has 2 fully saturated rings. The summed E-state index contributed by atoms with van der Waals surface area (Å²) in [6.45, 7) is 4.19. The van der Waals surface area contributed by atoms with Crippen molar-refractivity contribution in [3.8, 4) is 6.07 Å². The number of hydrogen-bond acceptors (Lipinski definition) is 5. The molecule has 2 aromatic rings. The standard InChI is InChI=1S/C23H26N4O2/c1-17(19-5-3-2-4-6-19)15-29-16-23(28)26-13-20-8-9-21(14-26)27(20)22-10-7-18(11-24)12-25-22/h2-7,10,12,17,20-21H,8-9,13-16H2,1H3/t17-,20+,21?/m1/s1. The maximum Gasteiger partial charge on any atom is 0.248 e. The first-order valence-corrected chi connectivity index (χ1v) is 10.2. The van der Waals surface area contributed by atoms with E-state index in [2.05, 4.69) is 35.0 Å². The molecule has 0 saturated carbocycles. The Kier molecular flexibility index (Phi) is 5.77. The highest BCUT2D eigenvalue weighted by atomic mass is 16.5. The Labute approximate surface area is 171 Å². The van der Waals surface area contributed by atoms with E-state index in [1.807, 2.05) is 29.2 Å². The van der Waals surface area contributed by atoms with Crippen molar-refractivity contribution < 1.29 is 9.53 Å². The molecule has 0 N–H and O–H groups in total. The Hall–Kier alpha value is -2.91. The summed E-state index contributed by atoms with van der Waals surface area (Å²) in [4.78, 5) is 21.4. The lowest BCUT2D eigenvalue weighted by Crippen LogP contribution is -2.56. The Morgan fingerprint density at radius 2 is 1.93 bits per heavy atom. The molecule has 1 aromatic carbocycles. The van der Waals surface area contributed by atoms with Gasteiger partial charge in [-0.25, -0.2) is 4.98 Å². The van der Waals surface area contributed by atoms with E-state index >= 15 is 0 Å². The SMILES string of the molecule is C[C@H](COCC(=O)N1CC2CC[C@@H](C1)N2c1ccc(C#N)cn1)c1ccccc1. The number of benzene rings is 1. The number of pyridine rings is 1. The molecule has 2 aliphatic rings. The number of nitrogens with zero attached hydrogens (tertiary/aromatic N) is 4. The zero-order chi connectivity index (χ0) is 20.2. The third-order valence-corrected chi connectivity index (χ3v) is 5.94. The van der Waals surface area contributed by atoms with Crippen LogP contribution in [0.5, 0.6) is 0 Å². The fourth-order valence-corrected chi connectivity index (χ4v) is 4.38. The van der Waals surface area contributed by atoms with E-state index in [0.717, 1.165) is 18.7 Å². The molecule has 0 radical (unpaired) electrons. The second kappa shape index (κ2) is 8.62. The molecule has 2 saturated heterocycles. The molecule has 0 spiro atoms. The number of carbonyl (C=O) groups excluding carboxylic acids is 1. The van der Waals surface area contributed by atoms with Crippen molar-refractivity contribution in [3.63, 3.8) is 0 Å².